The van der Waals surface area contributed by atoms with Crippen LogP contribution in [0.25, 0.3) is 0 Å². The minimum Gasteiger partial charge on any atom is -0.369 e. The lowest BCUT2D eigenvalue weighted by atomic mass is 9.91. The third-order valence-corrected chi connectivity index (χ3v) is 4.46. The van der Waals surface area contributed by atoms with E-state index in [1.165, 1.54) is 19.3 Å². The van der Waals surface area contributed by atoms with Crippen molar-refractivity contribution in [2.45, 2.75) is 70.4 Å². The number of nitrogens with zero attached hydrogens (tertiary/aromatic N) is 1. The van der Waals surface area contributed by atoms with Crippen molar-refractivity contribution in [2.75, 3.05) is 20.2 Å². The number of nitrogens with two attached hydrogens (primary N) is 1. The van der Waals surface area contributed by atoms with Gasteiger partial charge >= 0.3 is 0 Å². The molecule has 19 heavy (non-hydrogen) atoms. The highest BCUT2D eigenvalue weighted by atomic mass is 16.5. The van der Waals surface area contributed by atoms with Crippen molar-refractivity contribution >= 4 is 5.91 Å². The molecule has 1 saturated carbocycles. The zero-order valence-electron chi connectivity index (χ0n) is 12.8. The van der Waals surface area contributed by atoms with Gasteiger partial charge in [-0.3, -0.25) is 4.79 Å². The molecule has 1 unspecified atom stereocenters. The molecule has 0 aromatic heterocycles. The molecular weight excluding hydrogens is 240 g/mol. The average Bonchev–Trinajstić information content (AvgIpc) is 2.47. The van der Waals surface area contributed by atoms with Crippen molar-refractivity contribution in [3.05, 3.63) is 0 Å². The van der Waals surface area contributed by atoms with Gasteiger partial charge in [-0.15, -0.1) is 0 Å². The lowest BCUT2D eigenvalue weighted by molar-refractivity contribution is -0.156. The molecule has 1 fully saturated rings. The number of rotatable bonds is 7. The number of hydrogen-bond donors (Lipinski definition) is 1. The van der Waals surface area contributed by atoms with E-state index < -0.39 is 5.60 Å². The Bertz CT molecular complexity index is 271. The number of carbonyl (C=O) groups excluding carboxylic acids is 1. The van der Waals surface area contributed by atoms with E-state index in [9.17, 15) is 4.79 Å². The number of carbonyl (C=O) groups is 1. The normalized spacial score (nSPS) is 20.0. The summed E-state index contributed by atoms with van der Waals surface area (Å²) in [6, 6.07) is 0.383. The van der Waals surface area contributed by atoms with Crippen molar-refractivity contribution in [2.24, 2.45) is 5.73 Å². The summed E-state index contributed by atoms with van der Waals surface area (Å²) in [4.78, 5) is 14.8. The summed E-state index contributed by atoms with van der Waals surface area (Å²) >= 11 is 0. The van der Waals surface area contributed by atoms with E-state index in [1.807, 2.05) is 18.7 Å². The van der Waals surface area contributed by atoms with Gasteiger partial charge in [-0.2, -0.15) is 0 Å². The highest BCUT2D eigenvalue weighted by molar-refractivity contribution is 5.85. The fraction of sp³-hybridized carbons (Fsp3) is 0.933. The van der Waals surface area contributed by atoms with Gasteiger partial charge in [0.25, 0.3) is 5.91 Å². The molecule has 0 aliphatic heterocycles. The van der Waals surface area contributed by atoms with Crippen LogP contribution in [0.15, 0.2) is 0 Å². The number of hydrogen-bond acceptors (Lipinski definition) is 3. The van der Waals surface area contributed by atoms with Crippen molar-refractivity contribution in [3.8, 4) is 0 Å². The van der Waals surface area contributed by atoms with Crippen molar-refractivity contribution < 1.29 is 9.53 Å². The smallest absolute Gasteiger partial charge is 0.254 e. The molecule has 0 bridgehead atoms. The van der Waals surface area contributed by atoms with Crippen LogP contribution in [0.2, 0.25) is 0 Å². The van der Waals surface area contributed by atoms with Gasteiger partial charge in [-0.05, 0) is 39.2 Å². The Morgan fingerprint density at radius 1 is 1.37 bits per heavy atom. The first-order chi connectivity index (χ1) is 9.09. The Balaban J connectivity index is 2.79. The van der Waals surface area contributed by atoms with E-state index in [4.69, 9.17) is 10.5 Å². The van der Waals surface area contributed by atoms with E-state index in [1.54, 1.807) is 7.11 Å². The van der Waals surface area contributed by atoms with Gasteiger partial charge in [-0.1, -0.05) is 26.2 Å². The Hall–Kier alpha value is -0.610. The molecule has 112 valence electrons. The summed E-state index contributed by atoms with van der Waals surface area (Å²) < 4.78 is 5.48. The predicted octanol–water partition coefficient (Wildman–Crippen LogP) is 2.31. The Labute approximate surface area is 117 Å². The minimum atomic E-state index is -0.688. The second-order valence-electron chi connectivity index (χ2n) is 5.72. The van der Waals surface area contributed by atoms with E-state index in [-0.39, 0.29) is 5.91 Å². The van der Waals surface area contributed by atoms with Gasteiger partial charge in [0.05, 0.1) is 0 Å². The number of amides is 1. The molecule has 0 spiro atoms. The van der Waals surface area contributed by atoms with Gasteiger partial charge in [0.15, 0.2) is 0 Å². The van der Waals surface area contributed by atoms with Crippen LogP contribution in [-0.2, 0) is 9.53 Å². The van der Waals surface area contributed by atoms with Gasteiger partial charge in [0, 0.05) is 19.7 Å². The summed E-state index contributed by atoms with van der Waals surface area (Å²) in [6.07, 6.45) is 7.57. The quantitative estimate of drug-likeness (QED) is 0.772. The van der Waals surface area contributed by atoms with Crippen LogP contribution in [0.4, 0.5) is 0 Å². The molecule has 1 aliphatic carbocycles. The van der Waals surface area contributed by atoms with E-state index in [0.29, 0.717) is 19.0 Å². The summed E-state index contributed by atoms with van der Waals surface area (Å²) in [5.74, 6) is 0.137. The maximum absolute atomic E-state index is 12.8. The summed E-state index contributed by atoms with van der Waals surface area (Å²) in [7, 11) is 1.63. The SMILES string of the molecule is CCC(C)(OC)C(=O)N(CCCN)C1CCCCC1. The standard InChI is InChI=1S/C15H30N2O2/c1-4-15(2,19-3)14(18)17(12-8-11-16)13-9-6-5-7-10-13/h13H,4-12,16H2,1-3H3. The van der Waals surface area contributed by atoms with Crippen LogP contribution in [0, 0.1) is 0 Å². The zero-order chi connectivity index (χ0) is 14.3. The fourth-order valence-electron chi connectivity index (χ4n) is 2.79. The molecule has 1 amide bonds. The monoisotopic (exact) mass is 270 g/mol. The molecular formula is C15H30N2O2. The first kappa shape index (κ1) is 16.4. The Morgan fingerprint density at radius 2 is 2.00 bits per heavy atom. The number of methoxy groups -OCH3 is 1. The van der Waals surface area contributed by atoms with E-state index in [2.05, 4.69) is 0 Å². The minimum absolute atomic E-state index is 0.137. The van der Waals surface area contributed by atoms with E-state index >= 15 is 0 Å². The molecule has 0 saturated heterocycles. The maximum atomic E-state index is 12.8. The third-order valence-electron chi connectivity index (χ3n) is 4.46. The molecule has 0 heterocycles. The summed E-state index contributed by atoms with van der Waals surface area (Å²) in [5.41, 5.74) is 4.92. The van der Waals surface area contributed by atoms with E-state index in [0.717, 1.165) is 25.8 Å². The highest BCUT2D eigenvalue weighted by Gasteiger charge is 2.37. The molecule has 4 heteroatoms. The van der Waals surface area contributed by atoms with Crippen molar-refractivity contribution in [3.63, 3.8) is 0 Å². The highest BCUT2D eigenvalue weighted by Crippen LogP contribution is 2.27. The Kier molecular flexibility index (Phi) is 6.80. The van der Waals surface area contributed by atoms with Gasteiger partial charge in [0.2, 0.25) is 0 Å². The summed E-state index contributed by atoms with van der Waals surface area (Å²) in [5, 5.41) is 0. The second-order valence-corrected chi connectivity index (χ2v) is 5.72. The van der Waals surface area contributed by atoms with Crippen LogP contribution < -0.4 is 5.73 Å². The first-order valence-corrected chi connectivity index (χ1v) is 7.65. The largest absolute Gasteiger partial charge is 0.369 e. The van der Waals surface area contributed by atoms with Crippen LogP contribution >= 0.6 is 0 Å². The lowest BCUT2D eigenvalue weighted by Gasteiger charge is -2.39. The molecule has 1 atom stereocenters. The molecule has 0 radical (unpaired) electrons. The zero-order valence-corrected chi connectivity index (χ0v) is 12.8. The van der Waals surface area contributed by atoms with Crippen LogP contribution in [0.5, 0.6) is 0 Å². The molecule has 2 N–H and O–H groups in total. The van der Waals surface area contributed by atoms with Crippen molar-refractivity contribution in [1.82, 2.24) is 4.90 Å². The molecule has 1 aliphatic rings. The molecule has 0 aromatic rings. The first-order valence-electron chi connectivity index (χ1n) is 7.65. The van der Waals surface area contributed by atoms with Gasteiger partial charge < -0.3 is 15.4 Å². The molecule has 4 nitrogen and oxygen atoms in total. The fourth-order valence-corrected chi connectivity index (χ4v) is 2.79. The number of ether oxygens (including phenoxy) is 1. The van der Waals surface area contributed by atoms with Gasteiger partial charge in [0.1, 0.15) is 5.60 Å². The topological polar surface area (TPSA) is 55.6 Å². The predicted molar refractivity (Wildman–Crippen MR) is 78.0 cm³/mol. The molecule has 0 aromatic carbocycles. The lowest BCUT2D eigenvalue weighted by Crippen LogP contribution is -2.53. The Morgan fingerprint density at radius 3 is 2.47 bits per heavy atom. The third kappa shape index (κ3) is 4.18. The molecule has 1 rings (SSSR count). The van der Waals surface area contributed by atoms with Crippen LogP contribution in [0.3, 0.4) is 0 Å². The summed E-state index contributed by atoms with van der Waals surface area (Å²) in [6.45, 7) is 5.29. The van der Waals surface area contributed by atoms with Crippen molar-refractivity contribution in [1.29, 1.82) is 0 Å². The van der Waals surface area contributed by atoms with Gasteiger partial charge in [-0.25, -0.2) is 0 Å². The van der Waals surface area contributed by atoms with Crippen LogP contribution in [0.1, 0.15) is 58.8 Å². The maximum Gasteiger partial charge on any atom is 0.254 e. The van der Waals surface area contributed by atoms with Crippen LogP contribution in [-0.4, -0.2) is 42.6 Å². The second kappa shape index (κ2) is 7.85. The average molecular weight is 270 g/mol.